The van der Waals surface area contributed by atoms with E-state index in [0.29, 0.717) is 39.5 Å². The lowest BCUT2D eigenvalue weighted by atomic mass is 9.97. The number of aliphatic hydroxyl groups excluding tert-OH is 1. The number of rotatable bonds is 22. The first-order valence-corrected chi connectivity index (χ1v) is 18.2. The molecule has 50 heavy (non-hydrogen) atoms. The molecule has 0 bridgehead atoms. The van der Waals surface area contributed by atoms with Crippen LogP contribution in [-0.2, 0) is 54.8 Å². The minimum atomic E-state index is -0.770. The summed E-state index contributed by atoms with van der Waals surface area (Å²) in [6, 6.07) is 40.4. The number of hydrogen-bond acceptors (Lipinski definition) is 7. The van der Waals surface area contributed by atoms with E-state index in [1.165, 1.54) is 12.8 Å². The van der Waals surface area contributed by atoms with Gasteiger partial charge in [-0.2, -0.15) is 0 Å². The predicted octanol–water partition coefficient (Wildman–Crippen LogP) is 8.42. The van der Waals surface area contributed by atoms with Crippen LogP contribution < -0.4 is 0 Å². The SMILES string of the molecule is CCCCCC[C@@H](O)CCOC1OC(COCc2ccccc2)C(OCc2ccccc2)C(OCc2ccccc2)C1OCc1ccccc1. The van der Waals surface area contributed by atoms with Gasteiger partial charge in [-0.15, -0.1) is 0 Å². The molecule has 0 saturated carbocycles. The summed E-state index contributed by atoms with van der Waals surface area (Å²) < 4.78 is 39.7. The molecule has 1 N–H and O–H groups in total. The molecule has 0 aromatic heterocycles. The second kappa shape index (κ2) is 21.7. The highest BCUT2D eigenvalue weighted by atomic mass is 16.7. The Morgan fingerprint density at radius 2 is 1.02 bits per heavy atom. The Hall–Kier alpha value is -3.40. The highest BCUT2D eigenvalue weighted by Gasteiger charge is 2.49. The Labute approximate surface area is 298 Å². The highest BCUT2D eigenvalue weighted by Crippen LogP contribution is 2.32. The third-order valence-corrected chi connectivity index (χ3v) is 8.96. The Bertz CT molecular complexity index is 1420. The fourth-order valence-electron chi connectivity index (χ4n) is 6.15. The third-order valence-electron chi connectivity index (χ3n) is 8.96. The van der Waals surface area contributed by atoms with Crippen LogP contribution in [0.5, 0.6) is 0 Å². The maximum Gasteiger partial charge on any atom is 0.186 e. The number of benzene rings is 4. The molecule has 0 amide bonds. The Morgan fingerprint density at radius 3 is 1.54 bits per heavy atom. The van der Waals surface area contributed by atoms with Crippen LogP contribution in [-0.4, -0.2) is 55.1 Å². The molecule has 4 aromatic rings. The minimum absolute atomic E-state index is 0.269. The molecule has 268 valence electrons. The van der Waals surface area contributed by atoms with E-state index in [-0.39, 0.29) is 6.61 Å². The van der Waals surface area contributed by atoms with Crippen molar-refractivity contribution in [3.63, 3.8) is 0 Å². The van der Waals surface area contributed by atoms with Crippen LogP contribution in [0.15, 0.2) is 121 Å². The maximum atomic E-state index is 10.7. The van der Waals surface area contributed by atoms with E-state index in [1.54, 1.807) is 0 Å². The highest BCUT2D eigenvalue weighted by molar-refractivity contribution is 5.16. The number of aliphatic hydroxyl groups is 1. The molecule has 6 atom stereocenters. The van der Waals surface area contributed by atoms with Crippen molar-refractivity contribution in [2.45, 2.75) is 109 Å². The monoisotopic (exact) mass is 682 g/mol. The van der Waals surface area contributed by atoms with Crippen molar-refractivity contribution in [2.75, 3.05) is 13.2 Å². The molecule has 0 radical (unpaired) electrons. The van der Waals surface area contributed by atoms with Gasteiger partial charge in [-0.25, -0.2) is 0 Å². The van der Waals surface area contributed by atoms with Crippen LogP contribution in [0.2, 0.25) is 0 Å². The summed E-state index contributed by atoms with van der Waals surface area (Å²) in [7, 11) is 0. The topological polar surface area (TPSA) is 75.6 Å². The van der Waals surface area contributed by atoms with Crippen molar-refractivity contribution in [3.8, 4) is 0 Å². The van der Waals surface area contributed by atoms with Gasteiger partial charge in [0.25, 0.3) is 0 Å². The summed E-state index contributed by atoms with van der Waals surface area (Å²) in [4.78, 5) is 0. The van der Waals surface area contributed by atoms with E-state index in [1.807, 2.05) is 109 Å². The summed E-state index contributed by atoms with van der Waals surface area (Å²) in [5, 5.41) is 10.7. The summed E-state index contributed by atoms with van der Waals surface area (Å²) in [6.45, 7) is 4.30. The molecule has 0 spiro atoms. The van der Waals surface area contributed by atoms with Crippen LogP contribution in [0.1, 0.15) is 67.7 Å². The molecule has 4 aromatic carbocycles. The van der Waals surface area contributed by atoms with E-state index >= 15 is 0 Å². The fourth-order valence-corrected chi connectivity index (χ4v) is 6.15. The molecule has 1 aliphatic heterocycles. The molecule has 1 aliphatic rings. The van der Waals surface area contributed by atoms with Gasteiger partial charge in [0.1, 0.15) is 24.4 Å². The Morgan fingerprint density at radius 1 is 0.540 bits per heavy atom. The number of unbranched alkanes of at least 4 members (excludes halogenated alkanes) is 3. The van der Waals surface area contributed by atoms with E-state index in [2.05, 4.69) is 19.1 Å². The Kier molecular flexibility index (Phi) is 16.5. The van der Waals surface area contributed by atoms with Crippen LogP contribution in [0, 0.1) is 0 Å². The van der Waals surface area contributed by atoms with Crippen molar-refractivity contribution < 1.29 is 33.5 Å². The second-order valence-corrected chi connectivity index (χ2v) is 13.0. The van der Waals surface area contributed by atoms with Gasteiger partial charge in [-0.3, -0.25) is 0 Å². The van der Waals surface area contributed by atoms with Gasteiger partial charge in [-0.1, -0.05) is 154 Å². The van der Waals surface area contributed by atoms with Gasteiger partial charge in [0, 0.05) is 0 Å². The third kappa shape index (κ3) is 12.7. The van der Waals surface area contributed by atoms with Crippen molar-refractivity contribution in [2.24, 2.45) is 0 Å². The minimum Gasteiger partial charge on any atom is -0.393 e. The normalized spacial score (nSPS) is 21.2. The lowest BCUT2D eigenvalue weighted by Crippen LogP contribution is -2.61. The molecule has 5 unspecified atom stereocenters. The zero-order chi connectivity index (χ0) is 34.6. The molecule has 0 aliphatic carbocycles. The van der Waals surface area contributed by atoms with Crippen molar-refractivity contribution in [1.29, 1.82) is 0 Å². The predicted molar refractivity (Wildman–Crippen MR) is 195 cm³/mol. The molecule has 1 fully saturated rings. The first-order valence-electron chi connectivity index (χ1n) is 18.2. The zero-order valence-corrected chi connectivity index (χ0v) is 29.4. The van der Waals surface area contributed by atoms with Crippen LogP contribution in [0.4, 0.5) is 0 Å². The standard InChI is InChI=1S/C43H54O7/c1-2-3-4-17-26-38(44)27-28-46-43-42(49-32-37-24-15-8-16-25-37)41(48-31-36-22-13-7-14-23-36)40(47-30-35-20-11-6-12-21-35)39(50-43)33-45-29-34-18-9-5-10-19-34/h5-16,18-25,38-44H,2-4,17,26-33H2,1H3/t38-,39?,40?,41?,42?,43?/m1/s1. The van der Waals surface area contributed by atoms with E-state index in [4.69, 9.17) is 28.4 Å². The lowest BCUT2D eigenvalue weighted by Gasteiger charge is -2.46. The molecule has 1 saturated heterocycles. The van der Waals surface area contributed by atoms with Crippen LogP contribution in [0.3, 0.4) is 0 Å². The fraction of sp³-hybridized carbons (Fsp3) is 0.442. The summed E-state index contributed by atoms with van der Waals surface area (Å²) in [6.07, 6.45) is 2.35. The van der Waals surface area contributed by atoms with Crippen molar-refractivity contribution in [3.05, 3.63) is 144 Å². The molecular formula is C43H54O7. The summed E-state index contributed by atoms with van der Waals surface area (Å²) >= 11 is 0. The van der Waals surface area contributed by atoms with Gasteiger partial charge in [0.15, 0.2) is 6.29 Å². The van der Waals surface area contributed by atoms with Gasteiger partial charge in [0.2, 0.25) is 0 Å². The van der Waals surface area contributed by atoms with E-state index in [9.17, 15) is 5.11 Å². The molecular weight excluding hydrogens is 628 g/mol. The molecule has 5 rings (SSSR count). The van der Waals surface area contributed by atoms with Crippen LogP contribution >= 0.6 is 0 Å². The zero-order valence-electron chi connectivity index (χ0n) is 29.4. The summed E-state index contributed by atoms with van der Waals surface area (Å²) in [5.74, 6) is 0. The van der Waals surface area contributed by atoms with Gasteiger partial charge in [-0.05, 0) is 35.1 Å². The first-order chi connectivity index (χ1) is 24.7. The molecule has 1 heterocycles. The van der Waals surface area contributed by atoms with Gasteiger partial charge in [0.05, 0.1) is 45.7 Å². The first kappa shape index (κ1) is 37.8. The largest absolute Gasteiger partial charge is 0.393 e. The number of hydrogen-bond donors (Lipinski definition) is 1. The smallest absolute Gasteiger partial charge is 0.186 e. The molecule has 7 nitrogen and oxygen atoms in total. The van der Waals surface area contributed by atoms with E-state index in [0.717, 1.165) is 41.5 Å². The number of ether oxygens (including phenoxy) is 6. The maximum absolute atomic E-state index is 10.7. The second-order valence-electron chi connectivity index (χ2n) is 13.0. The quantitative estimate of drug-likeness (QED) is 0.0835. The summed E-state index contributed by atoms with van der Waals surface area (Å²) in [5.41, 5.74) is 4.20. The average molecular weight is 683 g/mol. The Balaban J connectivity index is 1.38. The van der Waals surface area contributed by atoms with Crippen molar-refractivity contribution >= 4 is 0 Å². The van der Waals surface area contributed by atoms with Crippen molar-refractivity contribution in [1.82, 2.24) is 0 Å². The van der Waals surface area contributed by atoms with E-state index < -0.39 is 36.8 Å². The van der Waals surface area contributed by atoms with Gasteiger partial charge >= 0.3 is 0 Å². The van der Waals surface area contributed by atoms with Crippen LogP contribution in [0.25, 0.3) is 0 Å². The van der Waals surface area contributed by atoms with Gasteiger partial charge < -0.3 is 33.5 Å². The lowest BCUT2D eigenvalue weighted by molar-refractivity contribution is -0.329. The molecule has 7 heteroatoms. The average Bonchev–Trinajstić information content (AvgIpc) is 3.16.